The SMILES string of the molecule is CC(C)CC(NC(=O)CC1CCNC1)C(=O)N(C)C. The summed E-state index contributed by atoms with van der Waals surface area (Å²) in [6.45, 7) is 6.01. The molecule has 2 atom stereocenters. The van der Waals surface area contributed by atoms with E-state index in [0.29, 0.717) is 24.7 Å². The number of likely N-dealkylation sites (N-methyl/N-ethyl adjacent to an activating group) is 1. The molecule has 0 aromatic carbocycles. The van der Waals surface area contributed by atoms with Crippen molar-refractivity contribution in [2.75, 3.05) is 27.2 Å². The number of hydrogen-bond acceptors (Lipinski definition) is 3. The lowest BCUT2D eigenvalue weighted by Gasteiger charge is -2.23. The minimum Gasteiger partial charge on any atom is -0.347 e. The number of amides is 2. The molecule has 1 aliphatic heterocycles. The van der Waals surface area contributed by atoms with Crippen molar-refractivity contribution in [2.24, 2.45) is 11.8 Å². The van der Waals surface area contributed by atoms with Gasteiger partial charge in [-0.1, -0.05) is 13.8 Å². The Bertz CT molecular complexity index is 310. The van der Waals surface area contributed by atoms with Crippen LogP contribution in [-0.4, -0.2) is 49.9 Å². The molecular formula is C14H27N3O2. The molecule has 1 fully saturated rings. The standard InChI is InChI=1S/C14H27N3O2/c1-10(2)7-12(14(19)17(3)4)16-13(18)8-11-5-6-15-9-11/h10-12,15H,5-9H2,1-4H3,(H,16,18). The highest BCUT2D eigenvalue weighted by Gasteiger charge is 2.25. The summed E-state index contributed by atoms with van der Waals surface area (Å²) >= 11 is 0. The largest absolute Gasteiger partial charge is 0.347 e. The van der Waals surface area contributed by atoms with E-state index >= 15 is 0 Å². The maximum absolute atomic E-state index is 12.1. The smallest absolute Gasteiger partial charge is 0.244 e. The number of carbonyl (C=O) groups excluding carboxylic acids is 2. The highest BCUT2D eigenvalue weighted by molar-refractivity contribution is 5.87. The summed E-state index contributed by atoms with van der Waals surface area (Å²) in [6.07, 6.45) is 2.25. The van der Waals surface area contributed by atoms with Gasteiger partial charge in [0.2, 0.25) is 11.8 Å². The maximum Gasteiger partial charge on any atom is 0.244 e. The van der Waals surface area contributed by atoms with E-state index < -0.39 is 6.04 Å². The molecule has 1 rings (SSSR count). The van der Waals surface area contributed by atoms with E-state index in [0.717, 1.165) is 19.5 Å². The topological polar surface area (TPSA) is 61.4 Å². The predicted molar refractivity (Wildman–Crippen MR) is 75.7 cm³/mol. The van der Waals surface area contributed by atoms with Crippen molar-refractivity contribution < 1.29 is 9.59 Å². The quantitative estimate of drug-likeness (QED) is 0.742. The Morgan fingerprint density at radius 1 is 1.37 bits per heavy atom. The zero-order valence-electron chi connectivity index (χ0n) is 12.5. The molecule has 0 aliphatic carbocycles. The van der Waals surface area contributed by atoms with Crippen molar-refractivity contribution in [3.8, 4) is 0 Å². The summed E-state index contributed by atoms with van der Waals surface area (Å²) in [5, 5.41) is 6.15. The van der Waals surface area contributed by atoms with E-state index in [1.807, 2.05) is 0 Å². The molecule has 0 radical (unpaired) electrons. The molecule has 2 amide bonds. The normalized spacial score (nSPS) is 20.4. The summed E-state index contributed by atoms with van der Waals surface area (Å²) < 4.78 is 0. The van der Waals surface area contributed by atoms with Gasteiger partial charge in [-0.2, -0.15) is 0 Å². The molecule has 1 heterocycles. The Morgan fingerprint density at radius 2 is 2.05 bits per heavy atom. The summed E-state index contributed by atoms with van der Waals surface area (Å²) in [7, 11) is 3.45. The first-order valence-electron chi connectivity index (χ1n) is 7.11. The van der Waals surface area contributed by atoms with Crippen molar-refractivity contribution in [1.82, 2.24) is 15.5 Å². The van der Waals surface area contributed by atoms with Crippen molar-refractivity contribution in [3.63, 3.8) is 0 Å². The number of hydrogen-bond donors (Lipinski definition) is 2. The zero-order valence-corrected chi connectivity index (χ0v) is 12.5. The van der Waals surface area contributed by atoms with Gasteiger partial charge in [-0.25, -0.2) is 0 Å². The van der Waals surface area contributed by atoms with Crippen molar-refractivity contribution in [2.45, 2.75) is 39.2 Å². The van der Waals surface area contributed by atoms with Crippen LogP contribution in [0.2, 0.25) is 0 Å². The second kappa shape index (κ2) is 7.48. The minimum atomic E-state index is -0.392. The first-order chi connectivity index (χ1) is 8.90. The fourth-order valence-corrected chi connectivity index (χ4v) is 2.41. The summed E-state index contributed by atoms with van der Waals surface area (Å²) in [5.74, 6) is 0.762. The number of carbonyl (C=O) groups is 2. The van der Waals surface area contributed by atoms with Crippen LogP contribution in [0, 0.1) is 11.8 Å². The monoisotopic (exact) mass is 269 g/mol. The van der Waals surface area contributed by atoms with Crippen LogP contribution in [0.4, 0.5) is 0 Å². The summed E-state index contributed by atoms with van der Waals surface area (Å²) in [5.41, 5.74) is 0. The van der Waals surface area contributed by atoms with E-state index in [1.165, 1.54) is 0 Å². The van der Waals surface area contributed by atoms with Gasteiger partial charge in [0, 0.05) is 20.5 Å². The first-order valence-corrected chi connectivity index (χ1v) is 7.11. The molecule has 0 aromatic rings. The van der Waals surface area contributed by atoms with E-state index in [2.05, 4.69) is 24.5 Å². The van der Waals surface area contributed by atoms with Gasteiger partial charge >= 0.3 is 0 Å². The lowest BCUT2D eigenvalue weighted by atomic mass is 10.0. The third kappa shape index (κ3) is 5.59. The number of nitrogens with one attached hydrogen (secondary N) is 2. The summed E-state index contributed by atoms with van der Waals surface area (Å²) in [6, 6.07) is -0.392. The van der Waals surface area contributed by atoms with Gasteiger partial charge in [-0.05, 0) is 37.8 Å². The third-order valence-electron chi connectivity index (χ3n) is 3.42. The Morgan fingerprint density at radius 3 is 2.53 bits per heavy atom. The first kappa shape index (κ1) is 16.0. The van der Waals surface area contributed by atoms with E-state index in [9.17, 15) is 9.59 Å². The third-order valence-corrected chi connectivity index (χ3v) is 3.42. The lowest BCUT2D eigenvalue weighted by Crippen LogP contribution is -2.47. The second-order valence-electron chi connectivity index (χ2n) is 6.05. The molecule has 0 saturated carbocycles. The number of nitrogens with zero attached hydrogens (tertiary/aromatic N) is 1. The van der Waals surface area contributed by atoms with Crippen LogP contribution in [0.25, 0.3) is 0 Å². The Balaban J connectivity index is 2.50. The highest BCUT2D eigenvalue weighted by Crippen LogP contribution is 2.13. The van der Waals surface area contributed by atoms with E-state index in [4.69, 9.17) is 0 Å². The van der Waals surface area contributed by atoms with Gasteiger partial charge < -0.3 is 15.5 Å². The summed E-state index contributed by atoms with van der Waals surface area (Å²) in [4.78, 5) is 25.6. The molecule has 2 unspecified atom stereocenters. The Hall–Kier alpha value is -1.10. The molecule has 2 N–H and O–H groups in total. The van der Waals surface area contributed by atoms with Gasteiger partial charge in [-0.15, -0.1) is 0 Å². The molecule has 0 spiro atoms. The van der Waals surface area contributed by atoms with Crippen molar-refractivity contribution in [1.29, 1.82) is 0 Å². The van der Waals surface area contributed by atoms with Gasteiger partial charge in [0.15, 0.2) is 0 Å². The molecule has 110 valence electrons. The zero-order chi connectivity index (χ0) is 14.4. The predicted octanol–water partition coefficient (Wildman–Crippen LogP) is 0.605. The fraction of sp³-hybridized carbons (Fsp3) is 0.857. The van der Waals surface area contributed by atoms with Crippen LogP contribution in [0.3, 0.4) is 0 Å². The van der Waals surface area contributed by atoms with Gasteiger partial charge in [0.1, 0.15) is 6.04 Å². The molecule has 5 nitrogen and oxygen atoms in total. The maximum atomic E-state index is 12.1. The number of rotatable bonds is 6. The second-order valence-corrected chi connectivity index (χ2v) is 6.05. The molecule has 1 aliphatic rings. The van der Waals surface area contributed by atoms with Crippen LogP contribution in [0.1, 0.15) is 33.1 Å². The van der Waals surface area contributed by atoms with E-state index in [1.54, 1.807) is 19.0 Å². The highest BCUT2D eigenvalue weighted by atomic mass is 16.2. The Labute approximate surface area is 116 Å². The van der Waals surface area contributed by atoms with E-state index in [-0.39, 0.29) is 11.8 Å². The van der Waals surface area contributed by atoms with Crippen LogP contribution in [-0.2, 0) is 9.59 Å². The van der Waals surface area contributed by atoms with Crippen LogP contribution < -0.4 is 10.6 Å². The van der Waals surface area contributed by atoms with Gasteiger partial charge in [0.05, 0.1) is 0 Å². The Kier molecular flexibility index (Phi) is 6.28. The molecule has 19 heavy (non-hydrogen) atoms. The van der Waals surface area contributed by atoms with Crippen molar-refractivity contribution >= 4 is 11.8 Å². The average Bonchev–Trinajstić information content (AvgIpc) is 2.78. The van der Waals surface area contributed by atoms with Gasteiger partial charge in [0.25, 0.3) is 0 Å². The molecule has 1 saturated heterocycles. The fourth-order valence-electron chi connectivity index (χ4n) is 2.41. The minimum absolute atomic E-state index is 0.00505. The van der Waals surface area contributed by atoms with Crippen LogP contribution in [0.15, 0.2) is 0 Å². The van der Waals surface area contributed by atoms with Crippen LogP contribution in [0.5, 0.6) is 0 Å². The lowest BCUT2D eigenvalue weighted by molar-refractivity contribution is -0.135. The molecule has 5 heteroatoms. The van der Waals surface area contributed by atoms with Crippen LogP contribution >= 0.6 is 0 Å². The molecule has 0 bridgehead atoms. The van der Waals surface area contributed by atoms with Gasteiger partial charge in [-0.3, -0.25) is 9.59 Å². The molecule has 0 aromatic heterocycles. The average molecular weight is 269 g/mol. The molecular weight excluding hydrogens is 242 g/mol. The van der Waals surface area contributed by atoms with Crippen molar-refractivity contribution in [3.05, 3.63) is 0 Å².